The zero-order chi connectivity index (χ0) is 28.5. The lowest BCUT2D eigenvalue weighted by molar-refractivity contribution is -0.112. The Balaban J connectivity index is 1.43. The molecule has 0 unspecified atom stereocenters. The number of carbonyl (C=O) groups excluding carboxylic acids is 1. The molecule has 6 rings (SSSR count). The Bertz CT molecular complexity index is 1900. The van der Waals surface area contributed by atoms with Crippen molar-refractivity contribution < 1.29 is 4.79 Å². The summed E-state index contributed by atoms with van der Waals surface area (Å²) in [5.74, 6) is -0.225. The summed E-state index contributed by atoms with van der Waals surface area (Å²) in [6.07, 6.45) is 3.87. The minimum absolute atomic E-state index is 0.110. The summed E-state index contributed by atoms with van der Waals surface area (Å²) in [6.45, 7) is 4.19. The first kappa shape index (κ1) is 26.8. The van der Waals surface area contributed by atoms with Gasteiger partial charge in [-0.3, -0.25) is 14.2 Å². The number of nitrogens with zero attached hydrogens (tertiary/aromatic N) is 4. The van der Waals surface area contributed by atoms with Crippen LogP contribution in [0.3, 0.4) is 0 Å². The SMILES string of the molecule is CCn1c(=C2C(=O)N(c3ccccc3)N=C2C)sc(=C/C=C2\SC(c3ccccc3)=C(c3ccccc3)N2C)c1=O. The number of thiazole rings is 1. The molecule has 0 aliphatic carbocycles. The molecule has 2 aliphatic rings. The van der Waals surface area contributed by atoms with E-state index >= 15 is 0 Å². The van der Waals surface area contributed by atoms with E-state index in [0.717, 1.165) is 26.8 Å². The number of para-hydroxylation sites is 1. The van der Waals surface area contributed by atoms with Crippen molar-refractivity contribution in [3.05, 3.63) is 133 Å². The quantitative estimate of drug-likeness (QED) is 0.322. The second-order valence-electron chi connectivity index (χ2n) is 9.58. The van der Waals surface area contributed by atoms with Gasteiger partial charge in [-0.25, -0.2) is 0 Å². The number of rotatable bonds is 5. The summed E-state index contributed by atoms with van der Waals surface area (Å²) < 4.78 is 2.88. The van der Waals surface area contributed by atoms with Gasteiger partial charge in [0.2, 0.25) is 0 Å². The van der Waals surface area contributed by atoms with Crippen LogP contribution in [0.4, 0.5) is 5.69 Å². The Morgan fingerprint density at radius 2 is 1.44 bits per heavy atom. The third kappa shape index (κ3) is 4.90. The van der Waals surface area contributed by atoms with E-state index in [1.54, 1.807) is 16.3 Å². The van der Waals surface area contributed by atoms with E-state index in [1.807, 2.05) is 92.7 Å². The highest BCUT2D eigenvalue weighted by Gasteiger charge is 2.31. The number of hydrazone groups is 1. The average Bonchev–Trinajstić information content (AvgIpc) is 3.62. The van der Waals surface area contributed by atoms with Crippen molar-refractivity contribution in [1.82, 2.24) is 9.47 Å². The summed E-state index contributed by atoms with van der Waals surface area (Å²) in [4.78, 5) is 30.3. The predicted octanol–water partition coefficient (Wildman–Crippen LogP) is 5.33. The van der Waals surface area contributed by atoms with Crippen molar-refractivity contribution in [3.8, 4) is 0 Å². The maximum Gasteiger partial charge on any atom is 0.283 e. The highest BCUT2D eigenvalue weighted by Crippen LogP contribution is 2.49. The zero-order valence-electron chi connectivity index (χ0n) is 22.9. The van der Waals surface area contributed by atoms with Crippen LogP contribution in [0.5, 0.6) is 0 Å². The zero-order valence-corrected chi connectivity index (χ0v) is 24.6. The number of anilines is 1. The number of amides is 1. The molecule has 0 atom stereocenters. The van der Waals surface area contributed by atoms with Crippen LogP contribution in [-0.4, -0.2) is 28.1 Å². The standard InChI is InChI=1S/C33H28N4O2S2/c1-4-36-31(38)26(40-33(36)28-22(2)34-37(32(28)39)25-18-12-7-13-19-25)20-21-27-35(3)29(23-14-8-5-9-15-23)30(41-27)24-16-10-6-11-17-24/h5-21H,4H2,1-3H3/b26-20?,27-21-,33-28?. The van der Waals surface area contributed by atoms with Gasteiger partial charge in [0.1, 0.15) is 4.66 Å². The van der Waals surface area contributed by atoms with Crippen LogP contribution in [-0.2, 0) is 11.3 Å². The third-order valence-corrected chi connectivity index (χ3v) is 9.41. The van der Waals surface area contributed by atoms with Gasteiger partial charge in [-0.15, -0.1) is 11.3 Å². The van der Waals surface area contributed by atoms with Gasteiger partial charge in [-0.05, 0) is 49.3 Å². The molecule has 0 N–H and O–H groups in total. The molecule has 1 aromatic heterocycles. The van der Waals surface area contributed by atoms with Crippen LogP contribution >= 0.6 is 23.1 Å². The van der Waals surface area contributed by atoms with E-state index in [2.05, 4.69) is 41.3 Å². The lowest BCUT2D eigenvalue weighted by Gasteiger charge is -2.17. The number of allylic oxidation sites excluding steroid dienone is 1. The topological polar surface area (TPSA) is 57.9 Å². The summed E-state index contributed by atoms with van der Waals surface area (Å²) in [5.41, 5.74) is 5.06. The predicted molar refractivity (Wildman–Crippen MR) is 172 cm³/mol. The van der Waals surface area contributed by atoms with Gasteiger partial charge in [0.25, 0.3) is 11.5 Å². The first-order valence-corrected chi connectivity index (χ1v) is 15.0. The molecule has 41 heavy (non-hydrogen) atoms. The van der Waals surface area contributed by atoms with Crippen LogP contribution in [0.25, 0.3) is 22.3 Å². The van der Waals surface area contributed by atoms with E-state index in [0.29, 0.717) is 32.7 Å². The van der Waals surface area contributed by atoms with Crippen LogP contribution in [0.2, 0.25) is 0 Å². The molecule has 3 aromatic carbocycles. The third-order valence-electron chi connectivity index (χ3n) is 7.00. The fraction of sp³-hybridized carbons (Fsp3) is 0.121. The highest BCUT2D eigenvalue weighted by atomic mass is 32.2. The maximum absolute atomic E-state index is 13.5. The van der Waals surface area contributed by atoms with Crippen LogP contribution in [0, 0.1) is 0 Å². The molecular formula is C33H28N4O2S2. The van der Waals surface area contributed by atoms with Crippen LogP contribution in [0.1, 0.15) is 25.0 Å². The second-order valence-corrected chi connectivity index (χ2v) is 11.6. The Labute approximate surface area is 246 Å². The molecule has 0 spiro atoms. The summed E-state index contributed by atoms with van der Waals surface area (Å²) in [6, 6.07) is 30.0. The average molecular weight is 577 g/mol. The summed E-state index contributed by atoms with van der Waals surface area (Å²) in [7, 11) is 2.06. The molecule has 204 valence electrons. The molecule has 8 heteroatoms. The minimum Gasteiger partial charge on any atom is -0.338 e. The molecule has 0 saturated heterocycles. The van der Waals surface area contributed by atoms with Gasteiger partial charge in [-0.1, -0.05) is 90.6 Å². The molecule has 6 nitrogen and oxygen atoms in total. The first-order chi connectivity index (χ1) is 20.0. The minimum atomic E-state index is -0.225. The Kier molecular flexibility index (Phi) is 7.34. The van der Waals surface area contributed by atoms with Crippen molar-refractivity contribution in [3.63, 3.8) is 0 Å². The van der Waals surface area contributed by atoms with E-state index in [-0.39, 0.29) is 11.5 Å². The highest BCUT2D eigenvalue weighted by molar-refractivity contribution is 8.12. The van der Waals surface area contributed by atoms with Crippen molar-refractivity contribution in [2.24, 2.45) is 5.10 Å². The number of hydrogen-bond acceptors (Lipinski definition) is 6. The second kappa shape index (κ2) is 11.2. The molecule has 1 amide bonds. The largest absolute Gasteiger partial charge is 0.338 e. The normalized spacial score (nSPS) is 18.2. The lowest BCUT2D eigenvalue weighted by atomic mass is 10.1. The Morgan fingerprint density at radius 1 is 0.829 bits per heavy atom. The number of hydrogen-bond donors (Lipinski definition) is 0. The monoisotopic (exact) mass is 576 g/mol. The molecule has 3 heterocycles. The fourth-order valence-corrected chi connectivity index (χ4v) is 7.37. The lowest BCUT2D eigenvalue weighted by Crippen LogP contribution is -2.33. The summed E-state index contributed by atoms with van der Waals surface area (Å²) in [5, 5.41) is 6.94. The van der Waals surface area contributed by atoms with Crippen molar-refractivity contribution in [1.29, 1.82) is 0 Å². The molecule has 4 aromatic rings. The van der Waals surface area contributed by atoms with Gasteiger partial charge in [0, 0.05) is 18.5 Å². The number of thioether (sulfide) groups is 1. The van der Waals surface area contributed by atoms with Gasteiger partial charge >= 0.3 is 0 Å². The van der Waals surface area contributed by atoms with Gasteiger partial charge in [-0.2, -0.15) is 10.1 Å². The Morgan fingerprint density at radius 3 is 2.07 bits per heavy atom. The van der Waals surface area contributed by atoms with Crippen molar-refractivity contribution in [2.45, 2.75) is 20.4 Å². The van der Waals surface area contributed by atoms with Gasteiger partial charge < -0.3 is 4.90 Å². The smallest absolute Gasteiger partial charge is 0.283 e. The van der Waals surface area contributed by atoms with Gasteiger partial charge in [0.15, 0.2) is 0 Å². The molecule has 0 bridgehead atoms. The number of aromatic nitrogens is 1. The number of carbonyl (C=O) groups is 1. The fourth-order valence-electron chi connectivity index (χ4n) is 4.99. The van der Waals surface area contributed by atoms with Crippen molar-refractivity contribution in [2.75, 3.05) is 12.1 Å². The first-order valence-electron chi connectivity index (χ1n) is 13.4. The van der Waals surface area contributed by atoms with E-state index < -0.39 is 0 Å². The van der Waals surface area contributed by atoms with E-state index in [1.165, 1.54) is 16.3 Å². The summed E-state index contributed by atoms with van der Waals surface area (Å²) >= 11 is 3.02. The van der Waals surface area contributed by atoms with Crippen molar-refractivity contribution >= 4 is 62.7 Å². The maximum atomic E-state index is 13.5. The van der Waals surface area contributed by atoms with Gasteiger partial charge in [0.05, 0.1) is 32.2 Å². The molecule has 0 radical (unpaired) electrons. The molecule has 0 saturated carbocycles. The Hall–Kier alpha value is -4.40. The van der Waals surface area contributed by atoms with E-state index in [4.69, 9.17) is 0 Å². The number of benzene rings is 3. The molecular weight excluding hydrogens is 549 g/mol. The molecule has 2 aliphatic heterocycles. The van der Waals surface area contributed by atoms with E-state index in [9.17, 15) is 9.59 Å². The molecule has 0 fully saturated rings. The van der Waals surface area contributed by atoms with Crippen LogP contribution in [0.15, 0.2) is 112 Å². The van der Waals surface area contributed by atoms with Crippen LogP contribution < -0.4 is 19.8 Å².